The molecule has 0 atom stereocenters. The lowest BCUT2D eigenvalue weighted by atomic mass is 10.1. The quantitative estimate of drug-likeness (QED) is 0.409. The normalized spacial score (nSPS) is 11.5. The van der Waals surface area contributed by atoms with Gasteiger partial charge in [0.05, 0.1) is 5.56 Å². The number of nitrogens with one attached hydrogen (secondary N) is 2. The van der Waals surface area contributed by atoms with Crippen LogP contribution in [0.1, 0.15) is 16.1 Å². The number of amides is 1. The molecule has 1 amide bonds. The Labute approximate surface area is 175 Å². The molecule has 0 aliphatic heterocycles. The van der Waals surface area contributed by atoms with E-state index in [0.717, 1.165) is 28.6 Å². The Hall–Kier alpha value is -3.81. The van der Waals surface area contributed by atoms with Crippen molar-refractivity contribution in [2.24, 2.45) is 0 Å². The fourth-order valence-corrected chi connectivity index (χ4v) is 3.16. The molecule has 8 heteroatoms. The zero-order valence-electron chi connectivity index (χ0n) is 16.2. The molecular formula is C23H18F3N3O2. The van der Waals surface area contributed by atoms with Gasteiger partial charge in [-0.15, -0.1) is 0 Å². The third-order valence-corrected chi connectivity index (χ3v) is 4.71. The number of rotatable bonds is 6. The third kappa shape index (κ3) is 4.69. The molecule has 0 saturated heterocycles. The van der Waals surface area contributed by atoms with Gasteiger partial charge in [0.25, 0.3) is 5.91 Å². The number of aromatic nitrogens is 1. The van der Waals surface area contributed by atoms with E-state index in [1.54, 1.807) is 0 Å². The van der Waals surface area contributed by atoms with Gasteiger partial charge < -0.3 is 15.1 Å². The summed E-state index contributed by atoms with van der Waals surface area (Å²) < 4.78 is 43.3. The van der Waals surface area contributed by atoms with Crippen molar-refractivity contribution in [1.82, 2.24) is 10.3 Å². The van der Waals surface area contributed by atoms with E-state index in [1.807, 2.05) is 42.5 Å². The van der Waals surface area contributed by atoms with Crippen molar-refractivity contribution in [3.63, 3.8) is 0 Å². The van der Waals surface area contributed by atoms with Crippen molar-refractivity contribution in [3.05, 3.63) is 84.3 Å². The van der Waals surface area contributed by atoms with Crippen LogP contribution in [-0.4, -0.2) is 24.0 Å². The predicted octanol–water partition coefficient (Wildman–Crippen LogP) is 5.36. The maximum Gasteiger partial charge on any atom is 0.416 e. The molecule has 0 aliphatic rings. The zero-order chi connectivity index (χ0) is 21.8. The standard InChI is InChI=1S/C23H18F3N3O2/c24-23(25,26)17-10-8-16(9-11-17)22-29-20(14-31-22)21(30)28-13-12-27-19-7-3-5-15-4-1-2-6-18(15)19/h1-11,14,27H,12-13H2,(H,28,30). The topological polar surface area (TPSA) is 67.2 Å². The van der Waals surface area contributed by atoms with Gasteiger partial charge in [0.15, 0.2) is 5.69 Å². The Balaban J connectivity index is 1.33. The third-order valence-electron chi connectivity index (χ3n) is 4.71. The highest BCUT2D eigenvalue weighted by atomic mass is 19.4. The molecule has 31 heavy (non-hydrogen) atoms. The van der Waals surface area contributed by atoms with Gasteiger partial charge in [0.1, 0.15) is 6.26 Å². The number of fused-ring (bicyclic) bond motifs is 1. The largest absolute Gasteiger partial charge is 0.444 e. The van der Waals surface area contributed by atoms with E-state index in [1.165, 1.54) is 18.4 Å². The number of alkyl halides is 3. The van der Waals surface area contributed by atoms with E-state index in [2.05, 4.69) is 15.6 Å². The minimum atomic E-state index is -4.42. The lowest BCUT2D eigenvalue weighted by Gasteiger charge is -2.10. The Morgan fingerprint density at radius 2 is 1.68 bits per heavy atom. The first-order chi connectivity index (χ1) is 14.9. The predicted molar refractivity (Wildman–Crippen MR) is 112 cm³/mol. The van der Waals surface area contributed by atoms with E-state index in [0.29, 0.717) is 18.7 Å². The number of halogens is 3. The molecule has 0 unspecified atom stereocenters. The van der Waals surface area contributed by atoms with E-state index in [9.17, 15) is 18.0 Å². The second kappa shape index (κ2) is 8.51. The minimum Gasteiger partial charge on any atom is -0.444 e. The first kappa shape index (κ1) is 20.5. The van der Waals surface area contributed by atoms with Crippen LogP contribution in [0.25, 0.3) is 22.2 Å². The van der Waals surface area contributed by atoms with Crippen LogP contribution in [0.2, 0.25) is 0 Å². The SMILES string of the molecule is O=C(NCCNc1cccc2ccccc12)c1coc(-c2ccc(C(F)(F)F)cc2)n1. The molecule has 0 aliphatic carbocycles. The summed E-state index contributed by atoms with van der Waals surface area (Å²) in [5, 5.41) is 8.24. The Morgan fingerprint density at radius 1 is 0.935 bits per heavy atom. The van der Waals surface area contributed by atoms with Gasteiger partial charge in [0.2, 0.25) is 5.89 Å². The van der Waals surface area contributed by atoms with Crippen molar-refractivity contribution in [2.45, 2.75) is 6.18 Å². The second-order valence-electron chi connectivity index (χ2n) is 6.82. The summed E-state index contributed by atoms with van der Waals surface area (Å²) in [6.07, 6.45) is -3.24. The lowest BCUT2D eigenvalue weighted by Crippen LogP contribution is -2.29. The fourth-order valence-electron chi connectivity index (χ4n) is 3.16. The lowest BCUT2D eigenvalue weighted by molar-refractivity contribution is -0.137. The number of anilines is 1. The molecule has 0 bridgehead atoms. The molecule has 1 aromatic heterocycles. The first-order valence-electron chi connectivity index (χ1n) is 9.55. The summed E-state index contributed by atoms with van der Waals surface area (Å²) in [5.41, 5.74) is 0.613. The molecule has 1 heterocycles. The monoisotopic (exact) mass is 425 g/mol. The van der Waals surface area contributed by atoms with E-state index in [-0.39, 0.29) is 11.6 Å². The van der Waals surface area contributed by atoms with Crippen LogP contribution in [0, 0.1) is 0 Å². The first-order valence-corrected chi connectivity index (χ1v) is 9.55. The van der Waals surface area contributed by atoms with Gasteiger partial charge in [-0.3, -0.25) is 4.79 Å². The molecule has 0 spiro atoms. The molecule has 158 valence electrons. The summed E-state index contributed by atoms with van der Waals surface area (Å²) in [5.74, 6) is -0.352. The van der Waals surface area contributed by atoms with Crippen LogP contribution in [0.3, 0.4) is 0 Å². The second-order valence-corrected chi connectivity index (χ2v) is 6.82. The van der Waals surface area contributed by atoms with Gasteiger partial charge in [-0.05, 0) is 35.7 Å². The van der Waals surface area contributed by atoms with E-state index >= 15 is 0 Å². The highest BCUT2D eigenvalue weighted by molar-refractivity contribution is 5.94. The minimum absolute atomic E-state index is 0.0556. The van der Waals surface area contributed by atoms with Crippen molar-refractivity contribution >= 4 is 22.4 Å². The average molecular weight is 425 g/mol. The molecule has 0 radical (unpaired) electrons. The summed E-state index contributed by atoms with van der Waals surface area (Å²) in [6, 6.07) is 18.3. The summed E-state index contributed by atoms with van der Waals surface area (Å²) in [4.78, 5) is 16.4. The number of carbonyl (C=O) groups excluding carboxylic acids is 1. The summed E-state index contributed by atoms with van der Waals surface area (Å²) in [6.45, 7) is 0.855. The van der Waals surface area contributed by atoms with Gasteiger partial charge in [-0.2, -0.15) is 13.2 Å². The van der Waals surface area contributed by atoms with Crippen LogP contribution < -0.4 is 10.6 Å². The summed E-state index contributed by atoms with van der Waals surface area (Å²) in [7, 11) is 0. The summed E-state index contributed by atoms with van der Waals surface area (Å²) >= 11 is 0. The fraction of sp³-hybridized carbons (Fsp3) is 0.130. The van der Waals surface area contributed by atoms with Gasteiger partial charge in [-0.25, -0.2) is 4.98 Å². The number of oxazole rings is 1. The number of carbonyl (C=O) groups is 1. The van der Waals surface area contributed by atoms with Gasteiger partial charge in [0, 0.05) is 29.7 Å². The van der Waals surface area contributed by atoms with Crippen molar-refractivity contribution in [3.8, 4) is 11.5 Å². The Bertz CT molecular complexity index is 1200. The van der Waals surface area contributed by atoms with Crippen LogP contribution in [0.5, 0.6) is 0 Å². The van der Waals surface area contributed by atoms with Crippen LogP contribution in [0.4, 0.5) is 18.9 Å². The number of hydrogen-bond donors (Lipinski definition) is 2. The molecular weight excluding hydrogens is 407 g/mol. The highest BCUT2D eigenvalue weighted by Gasteiger charge is 2.30. The molecule has 2 N–H and O–H groups in total. The van der Waals surface area contributed by atoms with E-state index in [4.69, 9.17) is 4.42 Å². The van der Waals surface area contributed by atoms with E-state index < -0.39 is 17.6 Å². The van der Waals surface area contributed by atoms with Gasteiger partial charge >= 0.3 is 6.18 Å². The molecule has 0 saturated carbocycles. The number of benzene rings is 3. The number of hydrogen-bond acceptors (Lipinski definition) is 4. The van der Waals surface area contributed by atoms with Crippen LogP contribution >= 0.6 is 0 Å². The molecule has 4 aromatic rings. The maximum absolute atomic E-state index is 12.7. The molecule has 0 fully saturated rings. The number of nitrogens with zero attached hydrogens (tertiary/aromatic N) is 1. The zero-order valence-corrected chi connectivity index (χ0v) is 16.2. The molecule has 4 rings (SSSR count). The van der Waals surface area contributed by atoms with Crippen molar-refractivity contribution in [1.29, 1.82) is 0 Å². The Morgan fingerprint density at radius 3 is 2.45 bits per heavy atom. The van der Waals surface area contributed by atoms with Crippen LogP contribution in [-0.2, 0) is 6.18 Å². The average Bonchev–Trinajstić information content (AvgIpc) is 3.27. The molecule has 3 aromatic carbocycles. The van der Waals surface area contributed by atoms with Crippen molar-refractivity contribution in [2.75, 3.05) is 18.4 Å². The van der Waals surface area contributed by atoms with Crippen molar-refractivity contribution < 1.29 is 22.4 Å². The maximum atomic E-state index is 12.7. The molecule has 5 nitrogen and oxygen atoms in total. The highest BCUT2D eigenvalue weighted by Crippen LogP contribution is 2.30. The van der Waals surface area contributed by atoms with Crippen LogP contribution in [0.15, 0.2) is 77.4 Å². The smallest absolute Gasteiger partial charge is 0.416 e. The van der Waals surface area contributed by atoms with Gasteiger partial charge in [-0.1, -0.05) is 36.4 Å². The Kier molecular flexibility index (Phi) is 5.62.